The molecule has 23 heavy (non-hydrogen) atoms. The predicted octanol–water partition coefficient (Wildman–Crippen LogP) is 1.65. The van der Waals surface area contributed by atoms with E-state index in [0.717, 1.165) is 25.0 Å². The van der Waals surface area contributed by atoms with Crippen LogP contribution in [0.5, 0.6) is 0 Å². The molecule has 2 fully saturated rings. The largest absolute Gasteiger partial charge is 0.466 e. The van der Waals surface area contributed by atoms with E-state index in [2.05, 4.69) is 5.32 Å². The number of nitrogens with one attached hydrogen (secondary N) is 1. The number of carbonyl (C=O) groups is 2. The number of furan rings is 1. The van der Waals surface area contributed by atoms with Gasteiger partial charge < -0.3 is 19.4 Å². The molecule has 2 aliphatic heterocycles. The van der Waals surface area contributed by atoms with Gasteiger partial charge in [0.15, 0.2) is 0 Å². The zero-order valence-electron chi connectivity index (χ0n) is 13.8. The number of aryl methyl sites for hydroxylation is 2. The molecule has 6 nitrogen and oxygen atoms in total. The summed E-state index contributed by atoms with van der Waals surface area (Å²) in [5.41, 5.74) is 0.601. The standard InChI is InChI=1S/C17H24N2O4/c1-11-9-15(12(2)23-11)16(20)18-14-3-6-19(7-4-14)17(21)13-5-8-22-10-13/h9,13-14H,3-8,10H2,1-2H3,(H,18,20)/t13-/m0/s1. The van der Waals surface area contributed by atoms with E-state index in [1.165, 1.54) is 0 Å². The van der Waals surface area contributed by atoms with Crippen LogP contribution >= 0.6 is 0 Å². The Morgan fingerprint density at radius 3 is 2.52 bits per heavy atom. The third kappa shape index (κ3) is 3.58. The number of ether oxygens (including phenoxy) is 1. The number of piperidine rings is 1. The van der Waals surface area contributed by atoms with E-state index in [1.54, 1.807) is 13.0 Å². The number of carbonyl (C=O) groups excluding carboxylic acids is 2. The van der Waals surface area contributed by atoms with E-state index in [1.807, 2.05) is 11.8 Å². The number of amides is 2. The average Bonchev–Trinajstić information content (AvgIpc) is 3.17. The van der Waals surface area contributed by atoms with E-state index in [4.69, 9.17) is 9.15 Å². The second-order valence-electron chi connectivity index (χ2n) is 6.46. The molecule has 0 spiro atoms. The average molecular weight is 320 g/mol. The molecule has 0 aliphatic carbocycles. The monoisotopic (exact) mass is 320 g/mol. The second kappa shape index (κ2) is 6.74. The minimum atomic E-state index is -0.0895. The fraction of sp³-hybridized carbons (Fsp3) is 0.647. The Balaban J connectivity index is 1.50. The molecule has 1 aromatic rings. The van der Waals surface area contributed by atoms with E-state index in [-0.39, 0.29) is 23.8 Å². The molecule has 0 unspecified atom stereocenters. The van der Waals surface area contributed by atoms with Crippen LogP contribution in [0, 0.1) is 19.8 Å². The lowest BCUT2D eigenvalue weighted by Crippen LogP contribution is -2.48. The van der Waals surface area contributed by atoms with Crippen molar-refractivity contribution in [2.45, 2.75) is 39.2 Å². The quantitative estimate of drug-likeness (QED) is 0.919. The highest BCUT2D eigenvalue weighted by molar-refractivity contribution is 5.95. The predicted molar refractivity (Wildman–Crippen MR) is 84.2 cm³/mol. The Labute approximate surface area is 136 Å². The Morgan fingerprint density at radius 2 is 1.96 bits per heavy atom. The van der Waals surface area contributed by atoms with Gasteiger partial charge in [0.05, 0.1) is 18.1 Å². The topological polar surface area (TPSA) is 71.8 Å². The van der Waals surface area contributed by atoms with Gasteiger partial charge >= 0.3 is 0 Å². The van der Waals surface area contributed by atoms with Crippen molar-refractivity contribution in [3.63, 3.8) is 0 Å². The van der Waals surface area contributed by atoms with Gasteiger partial charge in [-0.05, 0) is 39.2 Å². The summed E-state index contributed by atoms with van der Waals surface area (Å²) in [5, 5.41) is 3.06. The van der Waals surface area contributed by atoms with Crippen molar-refractivity contribution in [3.05, 3.63) is 23.2 Å². The number of rotatable bonds is 3. The van der Waals surface area contributed by atoms with Gasteiger partial charge in [-0.15, -0.1) is 0 Å². The Bertz CT molecular complexity index is 581. The molecule has 3 rings (SSSR count). The summed E-state index contributed by atoms with van der Waals surface area (Å²) in [6, 6.07) is 1.88. The maximum atomic E-state index is 12.3. The van der Waals surface area contributed by atoms with Gasteiger partial charge in [-0.1, -0.05) is 0 Å². The molecule has 2 saturated heterocycles. The number of hydrogen-bond acceptors (Lipinski definition) is 4. The lowest BCUT2D eigenvalue weighted by Gasteiger charge is -2.33. The number of hydrogen-bond donors (Lipinski definition) is 1. The van der Waals surface area contributed by atoms with Gasteiger partial charge in [-0.25, -0.2) is 0 Å². The zero-order valence-corrected chi connectivity index (χ0v) is 13.8. The van der Waals surface area contributed by atoms with Crippen LogP contribution in [0.25, 0.3) is 0 Å². The summed E-state index contributed by atoms with van der Waals surface area (Å²) in [6.07, 6.45) is 2.41. The van der Waals surface area contributed by atoms with E-state index >= 15 is 0 Å². The summed E-state index contributed by atoms with van der Waals surface area (Å²) in [4.78, 5) is 26.6. The maximum absolute atomic E-state index is 12.3. The van der Waals surface area contributed by atoms with Crippen molar-refractivity contribution in [1.82, 2.24) is 10.2 Å². The van der Waals surface area contributed by atoms with Crippen molar-refractivity contribution in [2.24, 2.45) is 5.92 Å². The van der Waals surface area contributed by atoms with Gasteiger partial charge in [0, 0.05) is 25.7 Å². The number of nitrogens with zero attached hydrogens (tertiary/aromatic N) is 1. The molecular formula is C17H24N2O4. The van der Waals surface area contributed by atoms with Gasteiger partial charge in [-0.3, -0.25) is 9.59 Å². The molecule has 0 radical (unpaired) electrons. The van der Waals surface area contributed by atoms with Crippen molar-refractivity contribution < 1.29 is 18.7 Å². The van der Waals surface area contributed by atoms with E-state index in [0.29, 0.717) is 37.6 Å². The molecule has 2 amide bonds. The van der Waals surface area contributed by atoms with Crippen molar-refractivity contribution in [1.29, 1.82) is 0 Å². The van der Waals surface area contributed by atoms with Crippen LogP contribution in [-0.2, 0) is 9.53 Å². The van der Waals surface area contributed by atoms with E-state index < -0.39 is 0 Å². The molecule has 6 heteroatoms. The molecule has 3 heterocycles. The highest BCUT2D eigenvalue weighted by atomic mass is 16.5. The minimum Gasteiger partial charge on any atom is -0.466 e. The van der Waals surface area contributed by atoms with Gasteiger partial charge in [0.25, 0.3) is 5.91 Å². The third-order valence-corrected chi connectivity index (χ3v) is 4.71. The fourth-order valence-electron chi connectivity index (χ4n) is 3.35. The Kier molecular flexibility index (Phi) is 4.71. The molecular weight excluding hydrogens is 296 g/mol. The van der Waals surface area contributed by atoms with Crippen LogP contribution in [0.1, 0.15) is 41.1 Å². The molecule has 126 valence electrons. The van der Waals surface area contributed by atoms with Crippen molar-refractivity contribution >= 4 is 11.8 Å². The summed E-state index contributed by atoms with van der Waals surface area (Å²) in [5.74, 6) is 1.53. The Hall–Kier alpha value is -1.82. The van der Waals surface area contributed by atoms with Gasteiger partial charge in [0.1, 0.15) is 11.5 Å². The summed E-state index contributed by atoms with van der Waals surface area (Å²) >= 11 is 0. The van der Waals surface area contributed by atoms with Gasteiger partial charge in [-0.2, -0.15) is 0 Å². The first kappa shape index (κ1) is 16.1. The second-order valence-corrected chi connectivity index (χ2v) is 6.46. The molecule has 1 atom stereocenters. The van der Waals surface area contributed by atoms with Crippen LogP contribution in [-0.4, -0.2) is 49.1 Å². The van der Waals surface area contributed by atoms with Crippen LogP contribution < -0.4 is 5.32 Å². The van der Waals surface area contributed by atoms with Gasteiger partial charge in [0.2, 0.25) is 5.91 Å². The van der Waals surface area contributed by atoms with Crippen LogP contribution in [0.2, 0.25) is 0 Å². The zero-order chi connectivity index (χ0) is 16.4. The fourth-order valence-corrected chi connectivity index (χ4v) is 3.35. The normalized spacial score (nSPS) is 22.3. The minimum absolute atomic E-state index is 0.0256. The van der Waals surface area contributed by atoms with Crippen LogP contribution in [0.3, 0.4) is 0 Å². The number of likely N-dealkylation sites (tertiary alicyclic amines) is 1. The molecule has 0 aromatic carbocycles. The van der Waals surface area contributed by atoms with Crippen LogP contribution in [0.15, 0.2) is 10.5 Å². The first-order valence-corrected chi connectivity index (χ1v) is 8.29. The maximum Gasteiger partial charge on any atom is 0.255 e. The SMILES string of the molecule is Cc1cc(C(=O)NC2CCN(C(=O)[C@H]3CCOC3)CC2)c(C)o1. The highest BCUT2D eigenvalue weighted by Crippen LogP contribution is 2.20. The first-order chi connectivity index (χ1) is 11.0. The molecule has 0 saturated carbocycles. The molecule has 2 aliphatic rings. The lowest BCUT2D eigenvalue weighted by atomic mass is 10.0. The molecule has 0 bridgehead atoms. The third-order valence-electron chi connectivity index (χ3n) is 4.71. The van der Waals surface area contributed by atoms with E-state index in [9.17, 15) is 9.59 Å². The van der Waals surface area contributed by atoms with Crippen LogP contribution in [0.4, 0.5) is 0 Å². The van der Waals surface area contributed by atoms with Crippen molar-refractivity contribution in [2.75, 3.05) is 26.3 Å². The molecule has 1 aromatic heterocycles. The summed E-state index contributed by atoms with van der Waals surface area (Å²) < 4.78 is 10.7. The highest BCUT2D eigenvalue weighted by Gasteiger charge is 2.31. The summed E-state index contributed by atoms with van der Waals surface area (Å²) in [6.45, 7) is 6.27. The Morgan fingerprint density at radius 1 is 1.22 bits per heavy atom. The first-order valence-electron chi connectivity index (χ1n) is 8.29. The molecule has 1 N–H and O–H groups in total. The smallest absolute Gasteiger partial charge is 0.255 e. The summed E-state index contributed by atoms with van der Waals surface area (Å²) in [7, 11) is 0. The van der Waals surface area contributed by atoms with Crippen molar-refractivity contribution in [3.8, 4) is 0 Å². The lowest BCUT2D eigenvalue weighted by molar-refractivity contribution is -0.136.